The molecule has 3 nitrogen and oxygen atoms in total. The third-order valence-electron chi connectivity index (χ3n) is 3.67. The van der Waals surface area contributed by atoms with Crippen LogP contribution in [0.4, 0.5) is 4.39 Å². The number of ether oxygens (including phenoxy) is 1. The summed E-state index contributed by atoms with van der Waals surface area (Å²) in [5, 5.41) is 3.88. The van der Waals surface area contributed by atoms with Crippen molar-refractivity contribution in [3.63, 3.8) is 0 Å². The summed E-state index contributed by atoms with van der Waals surface area (Å²) in [7, 11) is 0. The van der Waals surface area contributed by atoms with E-state index in [4.69, 9.17) is 27.9 Å². The Morgan fingerprint density at radius 2 is 2.04 bits per heavy atom. The van der Waals surface area contributed by atoms with Gasteiger partial charge in [0, 0.05) is 33.7 Å². The van der Waals surface area contributed by atoms with Gasteiger partial charge in [0.1, 0.15) is 11.6 Å². The largest absolute Gasteiger partial charge is 0.481 e. The van der Waals surface area contributed by atoms with Crippen LogP contribution in [0.5, 0.6) is 5.75 Å². The highest BCUT2D eigenvalue weighted by Crippen LogP contribution is 2.24. The summed E-state index contributed by atoms with van der Waals surface area (Å²) in [5.74, 6) is 1.18. The predicted molar refractivity (Wildman–Crippen MR) is 107 cm³/mol. The van der Waals surface area contributed by atoms with Crippen molar-refractivity contribution in [2.45, 2.75) is 25.7 Å². The van der Waals surface area contributed by atoms with E-state index in [9.17, 15) is 9.18 Å². The van der Waals surface area contributed by atoms with E-state index in [1.54, 1.807) is 37.3 Å². The van der Waals surface area contributed by atoms with E-state index in [1.807, 2.05) is 6.92 Å². The van der Waals surface area contributed by atoms with Crippen LogP contribution in [0.3, 0.4) is 0 Å². The van der Waals surface area contributed by atoms with Crippen LogP contribution in [0.2, 0.25) is 10.0 Å². The van der Waals surface area contributed by atoms with Crippen LogP contribution in [-0.4, -0.2) is 24.3 Å². The maximum absolute atomic E-state index is 13.7. The quantitative estimate of drug-likeness (QED) is 0.597. The average molecular weight is 416 g/mol. The Morgan fingerprint density at radius 1 is 1.27 bits per heavy atom. The highest BCUT2D eigenvalue weighted by Gasteiger charge is 2.14. The second kappa shape index (κ2) is 10.0. The molecule has 0 aliphatic carbocycles. The van der Waals surface area contributed by atoms with Gasteiger partial charge in [-0.25, -0.2) is 4.39 Å². The molecule has 0 aliphatic rings. The molecule has 0 saturated heterocycles. The van der Waals surface area contributed by atoms with Gasteiger partial charge in [0.05, 0.1) is 0 Å². The summed E-state index contributed by atoms with van der Waals surface area (Å²) in [6, 6.07) is 9.89. The highest BCUT2D eigenvalue weighted by atomic mass is 35.5. The molecular formula is C19H20Cl2FNO2S. The molecule has 1 unspecified atom stereocenters. The summed E-state index contributed by atoms with van der Waals surface area (Å²) in [6.07, 6.45) is -0.624. The zero-order valence-corrected chi connectivity index (χ0v) is 16.8. The molecule has 2 aromatic rings. The zero-order chi connectivity index (χ0) is 19.1. The molecule has 1 atom stereocenters. The molecule has 0 fully saturated rings. The van der Waals surface area contributed by atoms with Crippen LogP contribution in [0, 0.1) is 12.7 Å². The zero-order valence-electron chi connectivity index (χ0n) is 14.5. The predicted octanol–water partition coefficient (Wildman–Crippen LogP) is 5.26. The normalized spacial score (nSPS) is 11.9. The van der Waals surface area contributed by atoms with E-state index in [0.717, 1.165) is 5.56 Å². The molecule has 0 spiro atoms. The summed E-state index contributed by atoms with van der Waals surface area (Å²) >= 11 is 13.5. The molecular weight excluding hydrogens is 396 g/mol. The summed E-state index contributed by atoms with van der Waals surface area (Å²) in [5.41, 5.74) is 1.38. The van der Waals surface area contributed by atoms with Crippen molar-refractivity contribution in [2.24, 2.45) is 0 Å². The SMILES string of the molecule is Cc1cc(OC(C)C(=O)NCCSCc2c(F)cccc2Cl)ccc1Cl. The second-order valence-electron chi connectivity index (χ2n) is 5.71. The Balaban J connectivity index is 1.71. The number of amides is 1. The van der Waals surface area contributed by atoms with E-state index in [1.165, 1.54) is 17.8 Å². The van der Waals surface area contributed by atoms with Gasteiger partial charge in [-0.05, 0) is 49.7 Å². The lowest BCUT2D eigenvalue weighted by Crippen LogP contribution is -2.37. The Morgan fingerprint density at radius 3 is 2.73 bits per heavy atom. The Bertz CT molecular complexity index is 753. The monoisotopic (exact) mass is 415 g/mol. The number of aryl methyl sites for hydroxylation is 1. The lowest BCUT2D eigenvalue weighted by atomic mass is 10.2. The lowest BCUT2D eigenvalue weighted by Gasteiger charge is -2.15. The van der Waals surface area contributed by atoms with Crippen LogP contribution in [-0.2, 0) is 10.5 Å². The molecule has 2 aromatic carbocycles. The molecule has 0 saturated carbocycles. The van der Waals surface area contributed by atoms with Crippen LogP contribution in [0.15, 0.2) is 36.4 Å². The number of halogens is 3. The topological polar surface area (TPSA) is 38.3 Å². The minimum absolute atomic E-state index is 0.206. The van der Waals surface area contributed by atoms with Gasteiger partial charge < -0.3 is 10.1 Å². The third kappa shape index (κ3) is 6.08. The fraction of sp³-hybridized carbons (Fsp3) is 0.316. The standard InChI is InChI=1S/C19H20Cl2FNO2S/c1-12-10-14(6-7-16(12)20)25-13(2)19(24)23-8-9-26-11-15-17(21)4-3-5-18(15)22/h3-7,10,13H,8-9,11H2,1-2H3,(H,23,24). The van der Waals surface area contributed by atoms with E-state index in [-0.39, 0.29) is 11.7 Å². The molecule has 0 aromatic heterocycles. The number of carbonyl (C=O) groups excluding carboxylic acids is 1. The Hall–Kier alpha value is -1.43. The minimum Gasteiger partial charge on any atom is -0.481 e. The molecule has 0 aliphatic heterocycles. The molecule has 2 rings (SSSR count). The number of nitrogens with one attached hydrogen (secondary N) is 1. The van der Waals surface area contributed by atoms with Gasteiger partial charge in [-0.1, -0.05) is 29.3 Å². The summed E-state index contributed by atoms with van der Waals surface area (Å²) in [6.45, 7) is 4.02. The van der Waals surface area contributed by atoms with Crippen molar-refractivity contribution < 1.29 is 13.9 Å². The molecule has 26 heavy (non-hydrogen) atoms. The maximum Gasteiger partial charge on any atom is 0.260 e. The lowest BCUT2D eigenvalue weighted by molar-refractivity contribution is -0.127. The first kappa shape index (κ1) is 20.9. The van der Waals surface area contributed by atoms with Gasteiger partial charge >= 0.3 is 0 Å². The van der Waals surface area contributed by atoms with Crippen LogP contribution < -0.4 is 10.1 Å². The second-order valence-corrected chi connectivity index (χ2v) is 7.63. The molecule has 0 bridgehead atoms. The molecule has 1 amide bonds. The van der Waals surface area contributed by atoms with Crippen molar-refractivity contribution in [3.05, 3.63) is 63.4 Å². The van der Waals surface area contributed by atoms with E-state index in [2.05, 4.69) is 5.32 Å². The smallest absolute Gasteiger partial charge is 0.260 e. The van der Waals surface area contributed by atoms with Gasteiger partial charge in [-0.15, -0.1) is 0 Å². The van der Waals surface area contributed by atoms with Crippen molar-refractivity contribution in [2.75, 3.05) is 12.3 Å². The van der Waals surface area contributed by atoms with Crippen LogP contribution in [0.25, 0.3) is 0 Å². The number of benzene rings is 2. The van der Waals surface area contributed by atoms with E-state index in [0.29, 0.717) is 39.4 Å². The highest BCUT2D eigenvalue weighted by molar-refractivity contribution is 7.98. The van der Waals surface area contributed by atoms with Gasteiger partial charge in [-0.2, -0.15) is 11.8 Å². The third-order valence-corrected chi connectivity index (χ3v) is 5.43. The molecule has 7 heteroatoms. The van der Waals surface area contributed by atoms with Gasteiger partial charge in [0.25, 0.3) is 5.91 Å². The summed E-state index contributed by atoms with van der Waals surface area (Å²) in [4.78, 5) is 12.1. The molecule has 0 radical (unpaired) electrons. The fourth-order valence-electron chi connectivity index (χ4n) is 2.18. The van der Waals surface area contributed by atoms with Crippen LogP contribution in [0.1, 0.15) is 18.1 Å². The Kier molecular flexibility index (Phi) is 8.07. The number of hydrogen-bond donors (Lipinski definition) is 1. The Labute approximate surface area is 167 Å². The maximum atomic E-state index is 13.7. The van der Waals surface area contributed by atoms with Crippen molar-refractivity contribution in [3.8, 4) is 5.75 Å². The number of hydrogen-bond acceptors (Lipinski definition) is 3. The molecule has 140 valence electrons. The van der Waals surface area contributed by atoms with Gasteiger partial charge in [-0.3, -0.25) is 4.79 Å². The fourth-order valence-corrected chi connectivity index (χ4v) is 3.50. The number of thioether (sulfide) groups is 1. The first-order chi connectivity index (χ1) is 12.4. The molecule has 1 N–H and O–H groups in total. The van der Waals surface area contributed by atoms with Gasteiger partial charge in [0.2, 0.25) is 0 Å². The molecule has 0 heterocycles. The number of carbonyl (C=O) groups is 1. The van der Waals surface area contributed by atoms with Gasteiger partial charge in [0.15, 0.2) is 6.10 Å². The van der Waals surface area contributed by atoms with Crippen molar-refractivity contribution in [1.82, 2.24) is 5.32 Å². The summed E-state index contributed by atoms with van der Waals surface area (Å²) < 4.78 is 19.3. The van der Waals surface area contributed by atoms with Crippen molar-refractivity contribution in [1.29, 1.82) is 0 Å². The van der Waals surface area contributed by atoms with E-state index < -0.39 is 6.10 Å². The van der Waals surface area contributed by atoms with Crippen molar-refractivity contribution >= 4 is 40.9 Å². The number of rotatable bonds is 8. The first-order valence-electron chi connectivity index (χ1n) is 8.09. The van der Waals surface area contributed by atoms with Crippen LogP contribution >= 0.6 is 35.0 Å². The first-order valence-corrected chi connectivity index (χ1v) is 10.0. The minimum atomic E-state index is -0.624. The van der Waals surface area contributed by atoms with E-state index >= 15 is 0 Å². The average Bonchev–Trinajstić information content (AvgIpc) is 2.60.